The molecule has 23 heavy (non-hydrogen) atoms. The van der Waals surface area contributed by atoms with Gasteiger partial charge in [0.05, 0.1) is 0 Å². The molecule has 3 heteroatoms. The number of aryl methyl sites for hydroxylation is 1. The maximum absolute atomic E-state index is 6.09. The second-order valence-corrected chi connectivity index (χ2v) is 5.80. The molecule has 3 nitrogen and oxygen atoms in total. The molecule has 0 spiro atoms. The molecule has 0 atom stereocenters. The highest BCUT2D eigenvalue weighted by Crippen LogP contribution is 2.32. The molecule has 0 fully saturated rings. The number of rotatable bonds is 5. The molecule has 0 aliphatic heterocycles. The summed E-state index contributed by atoms with van der Waals surface area (Å²) in [4.78, 5) is 9.02. The Morgan fingerprint density at radius 2 is 2.04 bits per heavy atom. The minimum absolute atomic E-state index is 0.680. The van der Waals surface area contributed by atoms with Crippen molar-refractivity contribution in [3.05, 3.63) is 53.9 Å². The van der Waals surface area contributed by atoms with Crippen molar-refractivity contribution in [2.24, 2.45) is 4.99 Å². The Kier molecular flexibility index (Phi) is 4.28. The van der Waals surface area contributed by atoms with E-state index in [2.05, 4.69) is 48.6 Å². The highest BCUT2D eigenvalue weighted by atomic mass is 16.3. The van der Waals surface area contributed by atoms with Crippen molar-refractivity contribution in [3.8, 4) is 0 Å². The van der Waals surface area contributed by atoms with Crippen molar-refractivity contribution in [1.82, 2.24) is 4.98 Å². The Labute approximate surface area is 136 Å². The summed E-state index contributed by atoms with van der Waals surface area (Å²) in [6.07, 6.45) is 4.69. The van der Waals surface area contributed by atoms with Crippen LogP contribution in [0.25, 0.3) is 22.1 Å². The van der Waals surface area contributed by atoms with E-state index in [1.165, 1.54) is 5.56 Å². The molecule has 2 aromatic heterocycles. The lowest BCUT2D eigenvalue weighted by atomic mass is 9.97. The van der Waals surface area contributed by atoms with Crippen LogP contribution in [0.3, 0.4) is 0 Å². The van der Waals surface area contributed by atoms with Crippen molar-refractivity contribution in [2.45, 2.75) is 40.0 Å². The van der Waals surface area contributed by atoms with Crippen molar-refractivity contribution in [2.75, 3.05) is 0 Å². The minimum atomic E-state index is 0.680. The standard InChI is InChI=1S/C20H22N2O/c1-5-8-15-10-11-16-17-9-7-12-21-20(17)23-19(16)18(15)14(4)22-13(3)6-2/h7,9-12H,3,5-6,8H2,1-2,4H3/b22-14-. The number of hydrogen-bond acceptors (Lipinski definition) is 3. The molecule has 0 N–H and O–H groups in total. The van der Waals surface area contributed by atoms with Crippen LogP contribution >= 0.6 is 0 Å². The molecule has 1 aromatic carbocycles. The van der Waals surface area contributed by atoms with Gasteiger partial charge in [0.15, 0.2) is 0 Å². The van der Waals surface area contributed by atoms with Gasteiger partial charge in [0.25, 0.3) is 0 Å². The van der Waals surface area contributed by atoms with E-state index in [1.54, 1.807) is 6.20 Å². The molecule has 2 heterocycles. The van der Waals surface area contributed by atoms with Crippen LogP contribution in [0, 0.1) is 0 Å². The molecule has 0 saturated heterocycles. The number of pyridine rings is 1. The minimum Gasteiger partial charge on any atom is -0.437 e. The summed E-state index contributed by atoms with van der Waals surface area (Å²) in [6, 6.07) is 8.32. The molecule has 0 saturated carbocycles. The van der Waals surface area contributed by atoms with Gasteiger partial charge in [0, 0.05) is 33.9 Å². The first kappa shape index (κ1) is 15.5. The third-order valence-corrected chi connectivity index (χ3v) is 4.12. The lowest BCUT2D eigenvalue weighted by Gasteiger charge is -2.10. The number of aliphatic imine (C=N–C) groups is 1. The number of fused-ring (bicyclic) bond motifs is 3. The van der Waals surface area contributed by atoms with E-state index in [1.807, 2.05) is 13.0 Å². The monoisotopic (exact) mass is 306 g/mol. The lowest BCUT2D eigenvalue weighted by Crippen LogP contribution is -2.02. The van der Waals surface area contributed by atoms with Gasteiger partial charge >= 0.3 is 0 Å². The van der Waals surface area contributed by atoms with Gasteiger partial charge in [-0.15, -0.1) is 0 Å². The number of aromatic nitrogens is 1. The Morgan fingerprint density at radius 3 is 2.78 bits per heavy atom. The smallest absolute Gasteiger partial charge is 0.227 e. The van der Waals surface area contributed by atoms with Crippen LogP contribution in [0.4, 0.5) is 0 Å². The number of nitrogens with zero attached hydrogens (tertiary/aromatic N) is 2. The maximum Gasteiger partial charge on any atom is 0.227 e. The zero-order valence-electron chi connectivity index (χ0n) is 14.0. The molecule has 3 rings (SSSR count). The predicted octanol–water partition coefficient (Wildman–Crippen LogP) is 5.67. The van der Waals surface area contributed by atoms with E-state index in [-0.39, 0.29) is 0 Å². The fraction of sp³-hybridized carbons (Fsp3) is 0.300. The van der Waals surface area contributed by atoms with E-state index < -0.39 is 0 Å². The topological polar surface area (TPSA) is 38.4 Å². The van der Waals surface area contributed by atoms with Crippen LogP contribution < -0.4 is 0 Å². The molecular weight excluding hydrogens is 284 g/mol. The normalized spacial score (nSPS) is 12.2. The number of furan rings is 1. The predicted molar refractivity (Wildman–Crippen MR) is 97.2 cm³/mol. The first-order chi connectivity index (χ1) is 11.2. The summed E-state index contributed by atoms with van der Waals surface area (Å²) in [6.45, 7) is 10.3. The van der Waals surface area contributed by atoms with E-state index in [0.717, 1.165) is 52.6 Å². The number of allylic oxidation sites excluding steroid dienone is 1. The average Bonchev–Trinajstić information content (AvgIpc) is 2.93. The third-order valence-electron chi connectivity index (χ3n) is 4.12. The fourth-order valence-corrected chi connectivity index (χ4v) is 2.96. The first-order valence-electron chi connectivity index (χ1n) is 8.18. The summed E-state index contributed by atoms with van der Waals surface area (Å²) < 4.78 is 6.09. The summed E-state index contributed by atoms with van der Waals surface area (Å²) in [5.41, 5.74) is 5.77. The largest absolute Gasteiger partial charge is 0.437 e. The lowest BCUT2D eigenvalue weighted by molar-refractivity contribution is 0.652. The van der Waals surface area contributed by atoms with E-state index >= 15 is 0 Å². The zero-order valence-corrected chi connectivity index (χ0v) is 14.0. The molecule has 118 valence electrons. The van der Waals surface area contributed by atoms with Gasteiger partial charge in [-0.3, -0.25) is 4.99 Å². The summed E-state index contributed by atoms with van der Waals surface area (Å²) >= 11 is 0. The molecule has 0 unspecified atom stereocenters. The van der Waals surface area contributed by atoms with E-state index in [9.17, 15) is 0 Å². The Balaban J connectivity index is 2.32. The summed E-state index contributed by atoms with van der Waals surface area (Å²) in [5, 5.41) is 2.15. The van der Waals surface area contributed by atoms with Gasteiger partial charge in [0.2, 0.25) is 5.71 Å². The molecular formula is C20H22N2O. The quantitative estimate of drug-likeness (QED) is 0.570. The van der Waals surface area contributed by atoms with Gasteiger partial charge in [-0.25, -0.2) is 4.98 Å². The SMILES string of the molecule is C=C(CC)/N=C(/C)c1c(CCC)ccc2c1oc1ncccc12. The van der Waals surface area contributed by atoms with Crippen LogP contribution in [-0.2, 0) is 6.42 Å². The first-order valence-corrected chi connectivity index (χ1v) is 8.18. The maximum atomic E-state index is 6.09. The van der Waals surface area contributed by atoms with Crippen LogP contribution in [-0.4, -0.2) is 10.7 Å². The Bertz CT molecular complexity index is 903. The van der Waals surface area contributed by atoms with Crippen molar-refractivity contribution in [3.63, 3.8) is 0 Å². The van der Waals surface area contributed by atoms with Crippen LogP contribution in [0.2, 0.25) is 0 Å². The second kappa shape index (κ2) is 6.37. The Morgan fingerprint density at radius 1 is 1.22 bits per heavy atom. The summed E-state index contributed by atoms with van der Waals surface area (Å²) in [7, 11) is 0. The molecule has 3 aromatic rings. The second-order valence-electron chi connectivity index (χ2n) is 5.80. The van der Waals surface area contributed by atoms with E-state index in [0.29, 0.717) is 5.71 Å². The highest BCUT2D eigenvalue weighted by molar-refractivity contribution is 6.15. The van der Waals surface area contributed by atoms with Gasteiger partial charge in [0.1, 0.15) is 5.58 Å². The van der Waals surface area contributed by atoms with Crippen LogP contribution in [0.15, 0.2) is 52.1 Å². The van der Waals surface area contributed by atoms with Crippen LogP contribution in [0.1, 0.15) is 44.7 Å². The van der Waals surface area contributed by atoms with E-state index in [4.69, 9.17) is 4.42 Å². The van der Waals surface area contributed by atoms with Crippen molar-refractivity contribution < 1.29 is 4.42 Å². The van der Waals surface area contributed by atoms with Gasteiger partial charge < -0.3 is 4.42 Å². The summed E-state index contributed by atoms with van der Waals surface area (Å²) in [5.74, 6) is 0. The highest BCUT2D eigenvalue weighted by Gasteiger charge is 2.17. The van der Waals surface area contributed by atoms with Crippen molar-refractivity contribution >= 4 is 27.8 Å². The molecule has 0 amide bonds. The van der Waals surface area contributed by atoms with Gasteiger partial charge in [-0.05, 0) is 37.5 Å². The third kappa shape index (κ3) is 2.79. The van der Waals surface area contributed by atoms with Gasteiger partial charge in [-0.2, -0.15) is 0 Å². The molecule has 0 aliphatic carbocycles. The van der Waals surface area contributed by atoms with Gasteiger partial charge in [-0.1, -0.05) is 39.0 Å². The average molecular weight is 306 g/mol. The molecule has 0 aliphatic rings. The number of hydrogen-bond donors (Lipinski definition) is 0. The molecule has 0 bridgehead atoms. The Hall–Kier alpha value is -2.42. The molecule has 0 radical (unpaired) electrons. The van der Waals surface area contributed by atoms with Crippen LogP contribution in [0.5, 0.6) is 0 Å². The fourth-order valence-electron chi connectivity index (χ4n) is 2.96. The van der Waals surface area contributed by atoms with Crippen molar-refractivity contribution in [1.29, 1.82) is 0 Å². The zero-order chi connectivity index (χ0) is 16.4. The number of benzene rings is 1.